The second kappa shape index (κ2) is 7.00. The summed E-state index contributed by atoms with van der Waals surface area (Å²) in [5.41, 5.74) is 0.659. The number of aromatic nitrogens is 1. The van der Waals surface area contributed by atoms with Crippen molar-refractivity contribution in [2.75, 3.05) is 6.54 Å². The fraction of sp³-hybridized carbons (Fsp3) is 0.429. The number of aliphatic carboxylic acids is 1. The van der Waals surface area contributed by atoms with E-state index in [2.05, 4.69) is 4.98 Å². The molecule has 1 aromatic carbocycles. The van der Waals surface area contributed by atoms with Gasteiger partial charge in [0.15, 0.2) is 0 Å². The zero-order valence-corrected chi connectivity index (χ0v) is 18.5. The average Bonchev–Trinajstić information content (AvgIpc) is 3.49. The predicted octanol–water partition coefficient (Wildman–Crippen LogP) is 1.90. The second-order valence-corrected chi connectivity index (χ2v) is 11.2. The van der Waals surface area contributed by atoms with Gasteiger partial charge in [0.25, 0.3) is 5.69 Å². The number of benzene rings is 1. The Kier molecular flexibility index (Phi) is 4.37. The monoisotopic (exact) mass is 487 g/mol. The summed E-state index contributed by atoms with van der Waals surface area (Å²) in [5, 5.41) is 21.2. The van der Waals surface area contributed by atoms with Gasteiger partial charge in [0.1, 0.15) is 6.54 Å². The lowest BCUT2D eigenvalue weighted by atomic mass is 9.68. The number of H-pyrrole nitrogens is 1. The molecule has 0 unspecified atom stereocenters. The molecule has 1 aromatic heterocycles. The molecule has 170 valence electrons. The van der Waals surface area contributed by atoms with Crippen LogP contribution in [0, 0.1) is 39.7 Å². The SMILES string of the molecule is O=C(O)CN1C(=O)[C@@H]2[C@H]3C[C@@H]([C@H]4Sc5[nH]c(=O)sc5[C@@H](c5cccc([N+](=O)[O-])c5)[C@@H]34)[C@H]2C1=O. The minimum absolute atomic E-state index is 0.0486. The summed E-state index contributed by atoms with van der Waals surface area (Å²) in [7, 11) is 0. The summed E-state index contributed by atoms with van der Waals surface area (Å²) in [6.45, 7) is -0.637. The number of aromatic amines is 1. The molecule has 2 N–H and O–H groups in total. The van der Waals surface area contributed by atoms with Gasteiger partial charge in [-0.05, 0) is 29.7 Å². The Balaban J connectivity index is 1.46. The number of nitrogens with one attached hydrogen (secondary N) is 1. The summed E-state index contributed by atoms with van der Waals surface area (Å²) in [5.74, 6) is -3.92. The van der Waals surface area contributed by atoms with Crippen molar-refractivity contribution in [1.82, 2.24) is 9.88 Å². The van der Waals surface area contributed by atoms with Gasteiger partial charge < -0.3 is 10.1 Å². The summed E-state index contributed by atoms with van der Waals surface area (Å²) in [6.07, 6.45) is 0.667. The van der Waals surface area contributed by atoms with E-state index in [0.29, 0.717) is 17.0 Å². The topological polar surface area (TPSA) is 151 Å². The molecule has 7 atom stereocenters. The Labute approximate surface area is 194 Å². The van der Waals surface area contributed by atoms with E-state index in [4.69, 9.17) is 5.11 Å². The van der Waals surface area contributed by atoms with Gasteiger partial charge in [-0.1, -0.05) is 23.5 Å². The molecular formula is C21H17N3O7S2. The van der Waals surface area contributed by atoms with E-state index in [1.807, 2.05) is 0 Å². The number of nitrogens with zero attached hydrogens (tertiary/aromatic N) is 2. The summed E-state index contributed by atoms with van der Waals surface area (Å²) in [6, 6.07) is 6.36. The maximum atomic E-state index is 13.1. The number of hydrogen-bond donors (Lipinski definition) is 2. The van der Waals surface area contributed by atoms with Crippen molar-refractivity contribution >= 4 is 46.6 Å². The van der Waals surface area contributed by atoms with Gasteiger partial charge in [-0.15, -0.1) is 11.8 Å². The Morgan fingerprint density at radius 2 is 1.94 bits per heavy atom. The van der Waals surface area contributed by atoms with Crippen LogP contribution >= 0.6 is 23.1 Å². The average molecular weight is 488 g/mol. The van der Waals surface area contributed by atoms with E-state index in [9.17, 15) is 29.3 Å². The molecule has 3 heterocycles. The third kappa shape index (κ3) is 2.80. The van der Waals surface area contributed by atoms with Crippen molar-refractivity contribution in [3.63, 3.8) is 0 Å². The fourth-order valence-corrected chi connectivity index (χ4v) is 9.46. The van der Waals surface area contributed by atoms with Crippen molar-refractivity contribution in [2.45, 2.75) is 22.6 Å². The molecule has 2 aromatic rings. The van der Waals surface area contributed by atoms with Crippen molar-refractivity contribution in [1.29, 1.82) is 0 Å². The number of rotatable bonds is 4. The van der Waals surface area contributed by atoms with Gasteiger partial charge in [0.2, 0.25) is 11.8 Å². The Hall–Kier alpha value is -2.99. The highest BCUT2D eigenvalue weighted by molar-refractivity contribution is 8.00. The number of non-ortho nitro benzene ring substituents is 1. The van der Waals surface area contributed by atoms with Crippen molar-refractivity contribution in [2.24, 2.45) is 29.6 Å². The first-order chi connectivity index (χ1) is 15.8. The van der Waals surface area contributed by atoms with Crippen LogP contribution in [0.4, 0.5) is 5.69 Å². The molecule has 2 amide bonds. The van der Waals surface area contributed by atoms with Crippen LogP contribution in [0.3, 0.4) is 0 Å². The standard InChI is InChI=1S/C21H17N3O7S2/c25-11(26)6-23-19(27)14-9-5-10(15(14)20(23)28)16-13(9)12(17-18(32-16)22-21(29)33-17)7-2-1-3-8(4-7)24(30)31/h1-4,9-10,12-16H,5-6H2,(H,22,29)(H,25,26)/t9-,10+,12-,13+,14+,15+,16+/m0/s1. The van der Waals surface area contributed by atoms with Crippen molar-refractivity contribution < 1.29 is 24.4 Å². The Morgan fingerprint density at radius 3 is 2.64 bits per heavy atom. The van der Waals surface area contributed by atoms with Gasteiger partial charge in [0.05, 0.1) is 21.8 Å². The summed E-state index contributed by atoms with van der Waals surface area (Å²) in [4.78, 5) is 64.9. The van der Waals surface area contributed by atoms with Crippen molar-refractivity contribution in [3.8, 4) is 0 Å². The lowest BCUT2D eigenvalue weighted by Gasteiger charge is -2.43. The number of likely N-dealkylation sites (tertiary alicyclic amines) is 1. The maximum Gasteiger partial charge on any atom is 0.323 e. The highest BCUT2D eigenvalue weighted by Gasteiger charge is 2.69. The minimum atomic E-state index is -1.23. The molecule has 2 aliphatic heterocycles. The molecule has 0 radical (unpaired) electrons. The summed E-state index contributed by atoms with van der Waals surface area (Å²) < 4.78 is 0. The van der Waals surface area contributed by atoms with E-state index < -0.39 is 41.1 Å². The molecule has 10 nitrogen and oxygen atoms in total. The highest BCUT2D eigenvalue weighted by Crippen LogP contribution is 2.68. The van der Waals surface area contributed by atoms with Gasteiger partial charge in [-0.2, -0.15) is 0 Å². The first-order valence-corrected chi connectivity index (χ1v) is 12.2. The van der Waals surface area contributed by atoms with E-state index in [1.54, 1.807) is 12.1 Å². The van der Waals surface area contributed by atoms with Crippen LogP contribution in [-0.2, 0) is 14.4 Å². The summed E-state index contributed by atoms with van der Waals surface area (Å²) >= 11 is 2.59. The zero-order chi connectivity index (χ0) is 23.2. The first-order valence-electron chi connectivity index (χ1n) is 10.5. The van der Waals surface area contributed by atoms with Crippen LogP contribution < -0.4 is 4.87 Å². The molecule has 1 saturated heterocycles. The zero-order valence-electron chi connectivity index (χ0n) is 16.9. The second-order valence-electron chi connectivity index (χ2n) is 8.97. The number of amides is 2. The van der Waals surface area contributed by atoms with Crippen LogP contribution in [0.15, 0.2) is 34.1 Å². The van der Waals surface area contributed by atoms with Gasteiger partial charge >= 0.3 is 10.8 Å². The number of thioether (sulfide) groups is 1. The number of fused-ring (bicyclic) bond motifs is 9. The Morgan fingerprint density at radius 1 is 1.21 bits per heavy atom. The maximum absolute atomic E-state index is 13.1. The third-order valence-electron chi connectivity index (χ3n) is 7.55. The molecule has 3 fully saturated rings. The van der Waals surface area contributed by atoms with Crippen LogP contribution in [0.25, 0.3) is 0 Å². The minimum Gasteiger partial charge on any atom is -0.480 e. The number of carbonyl (C=O) groups is 3. The number of nitro groups is 1. The van der Waals surface area contributed by atoms with E-state index in [0.717, 1.165) is 21.1 Å². The molecule has 2 aliphatic carbocycles. The van der Waals surface area contributed by atoms with Crippen LogP contribution in [0.1, 0.15) is 22.8 Å². The molecule has 2 bridgehead atoms. The van der Waals surface area contributed by atoms with Crippen LogP contribution in [-0.4, -0.2) is 49.5 Å². The molecule has 6 rings (SSSR count). The first kappa shape index (κ1) is 20.6. The molecule has 2 saturated carbocycles. The molecule has 0 spiro atoms. The molecule has 12 heteroatoms. The number of thiazole rings is 1. The highest BCUT2D eigenvalue weighted by atomic mass is 32.2. The number of nitro benzene ring substituents is 1. The van der Waals surface area contributed by atoms with E-state index in [-0.39, 0.29) is 39.5 Å². The lowest BCUT2D eigenvalue weighted by Crippen LogP contribution is -2.42. The van der Waals surface area contributed by atoms with E-state index >= 15 is 0 Å². The van der Waals surface area contributed by atoms with Gasteiger partial charge in [-0.25, -0.2) is 0 Å². The Bertz CT molecular complexity index is 1300. The van der Waals surface area contributed by atoms with Crippen LogP contribution in [0.5, 0.6) is 0 Å². The van der Waals surface area contributed by atoms with Gasteiger partial charge in [-0.3, -0.25) is 34.2 Å². The van der Waals surface area contributed by atoms with Crippen LogP contribution in [0.2, 0.25) is 0 Å². The fourth-order valence-electron chi connectivity index (χ4n) is 6.57. The number of carboxylic acid groups (broad SMARTS) is 1. The normalized spacial score (nSPS) is 33.7. The molecular weight excluding hydrogens is 470 g/mol. The quantitative estimate of drug-likeness (QED) is 0.377. The van der Waals surface area contributed by atoms with Gasteiger partial charge in [0, 0.05) is 28.2 Å². The number of carboxylic acids is 1. The van der Waals surface area contributed by atoms with E-state index in [1.165, 1.54) is 23.9 Å². The molecule has 4 aliphatic rings. The number of imide groups is 1. The smallest absolute Gasteiger partial charge is 0.323 e. The number of carbonyl (C=O) groups excluding carboxylic acids is 2. The molecule has 33 heavy (non-hydrogen) atoms. The predicted molar refractivity (Wildman–Crippen MR) is 116 cm³/mol. The number of hydrogen-bond acceptors (Lipinski definition) is 8. The van der Waals surface area contributed by atoms with Crippen molar-refractivity contribution in [3.05, 3.63) is 54.5 Å². The third-order valence-corrected chi connectivity index (χ3v) is 10.1. The largest absolute Gasteiger partial charge is 0.480 e. The lowest BCUT2D eigenvalue weighted by molar-refractivity contribution is -0.384.